The lowest BCUT2D eigenvalue weighted by Gasteiger charge is -2.46. The number of benzene rings is 1. The van der Waals surface area contributed by atoms with Crippen LogP contribution >= 0.6 is 22.6 Å². The van der Waals surface area contributed by atoms with Gasteiger partial charge >= 0.3 is 6.03 Å². The fourth-order valence-corrected chi connectivity index (χ4v) is 4.48. The Balaban J connectivity index is 1.84. The van der Waals surface area contributed by atoms with Crippen molar-refractivity contribution in [1.82, 2.24) is 14.7 Å². The lowest BCUT2D eigenvalue weighted by Crippen LogP contribution is -2.61. The van der Waals surface area contributed by atoms with Crippen LogP contribution < -0.4 is 4.90 Å². The van der Waals surface area contributed by atoms with Crippen LogP contribution in [0.5, 0.6) is 0 Å². The molecule has 180 valence electrons. The summed E-state index contributed by atoms with van der Waals surface area (Å²) < 4.78 is 36.8. The number of rotatable bonds is 7. The highest BCUT2D eigenvalue weighted by Crippen LogP contribution is 2.41. The van der Waals surface area contributed by atoms with Gasteiger partial charge in [-0.2, -0.15) is 5.10 Å². The molecular formula is C23H29F2IN4O3. The van der Waals surface area contributed by atoms with Gasteiger partial charge in [0.15, 0.2) is 11.6 Å². The van der Waals surface area contributed by atoms with Crippen molar-refractivity contribution in [2.24, 2.45) is 5.41 Å². The minimum absolute atomic E-state index is 0.132. The number of hydrogen-bond donors (Lipinski definition) is 0. The maximum absolute atomic E-state index is 14.6. The first kappa shape index (κ1) is 25.5. The van der Waals surface area contributed by atoms with E-state index in [0.29, 0.717) is 27.1 Å². The third-order valence-electron chi connectivity index (χ3n) is 5.99. The number of anilines is 1. The molecule has 0 saturated carbocycles. The van der Waals surface area contributed by atoms with E-state index in [2.05, 4.69) is 25.9 Å². The highest BCUT2D eigenvalue weighted by atomic mass is 127. The molecule has 0 unspecified atom stereocenters. The van der Waals surface area contributed by atoms with Gasteiger partial charge in [0.1, 0.15) is 12.4 Å². The van der Waals surface area contributed by atoms with Gasteiger partial charge in [0.25, 0.3) is 0 Å². The van der Waals surface area contributed by atoms with Gasteiger partial charge in [-0.05, 0) is 53.0 Å². The maximum atomic E-state index is 14.6. The molecule has 1 fully saturated rings. The molecule has 1 saturated heterocycles. The van der Waals surface area contributed by atoms with E-state index in [9.17, 15) is 18.4 Å². The number of carbonyl (C=O) groups excluding carboxylic acids is 2. The topological polar surface area (TPSA) is 67.7 Å². The number of ether oxygens (including phenoxy) is 1. The smallest absolute Gasteiger partial charge is 0.332 e. The number of halogens is 3. The molecular weight excluding hydrogens is 545 g/mol. The highest BCUT2D eigenvalue weighted by molar-refractivity contribution is 14.1. The van der Waals surface area contributed by atoms with Gasteiger partial charge in [0.05, 0.1) is 18.2 Å². The number of urea groups is 1. The SMILES string of the molecule is CC[C@@]1(c2cnn(COCCC(C)(C)C)c2)CC(=O)N(c2c(F)cc(I)cc2F)C(=O)N1C. The van der Waals surface area contributed by atoms with Crippen molar-refractivity contribution in [2.45, 2.75) is 59.2 Å². The molecule has 0 bridgehead atoms. The molecule has 0 aliphatic carbocycles. The summed E-state index contributed by atoms with van der Waals surface area (Å²) in [5.41, 5.74) is -0.805. The first-order valence-electron chi connectivity index (χ1n) is 10.8. The second-order valence-electron chi connectivity index (χ2n) is 9.47. The maximum Gasteiger partial charge on any atom is 0.332 e. The standard InChI is InChI=1S/C23H29F2IN4O3/c1-6-23(15-12-27-29(13-15)14-33-8-7-22(2,3)4)11-19(31)30(21(32)28(23)5)20-17(24)9-16(26)10-18(20)25/h9-10,12-13H,6-8,11,14H2,1-5H3/t23-/m0/s1. The fourth-order valence-electron chi connectivity index (χ4n) is 3.93. The lowest BCUT2D eigenvalue weighted by molar-refractivity contribution is -0.122. The van der Waals surface area contributed by atoms with E-state index >= 15 is 0 Å². The number of carbonyl (C=O) groups is 2. The molecule has 1 aliphatic heterocycles. The Kier molecular flexibility index (Phi) is 7.47. The van der Waals surface area contributed by atoms with E-state index in [4.69, 9.17) is 4.74 Å². The molecule has 2 aromatic rings. The van der Waals surface area contributed by atoms with Crippen molar-refractivity contribution in [3.8, 4) is 0 Å². The molecule has 1 aliphatic rings. The summed E-state index contributed by atoms with van der Waals surface area (Å²) in [6.07, 6.45) is 4.54. The van der Waals surface area contributed by atoms with Crippen LogP contribution in [0.2, 0.25) is 0 Å². The number of aromatic nitrogens is 2. The largest absolute Gasteiger partial charge is 0.359 e. The van der Waals surface area contributed by atoms with Gasteiger partial charge in [-0.15, -0.1) is 0 Å². The zero-order valence-corrected chi connectivity index (χ0v) is 21.6. The second kappa shape index (κ2) is 9.65. The Morgan fingerprint density at radius 1 is 1.21 bits per heavy atom. The molecule has 1 atom stereocenters. The fraction of sp³-hybridized carbons (Fsp3) is 0.522. The Morgan fingerprint density at radius 3 is 2.42 bits per heavy atom. The first-order chi connectivity index (χ1) is 15.4. The summed E-state index contributed by atoms with van der Waals surface area (Å²) in [6, 6.07) is 1.39. The lowest BCUT2D eigenvalue weighted by atomic mass is 9.82. The molecule has 0 N–H and O–H groups in total. The van der Waals surface area contributed by atoms with Crippen LogP contribution in [-0.4, -0.2) is 40.3 Å². The van der Waals surface area contributed by atoms with Gasteiger partial charge in [-0.25, -0.2) is 23.2 Å². The van der Waals surface area contributed by atoms with Crippen LogP contribution in [0.3, 0.4) is 0 Å². The van der Waals surface area contributed by atoms with Crippen LogP contribution in [0.15, 0.2) is 24.5 Å². The van der Waals surface area contributed by atoms with Gasteiger partial charge in [-0.3, -0.25) is 4.79 Å². The molecule has 0 spiro atoms. The van der Waals surface area contributed by atoms with Gasteiger partial charge < -0.3 is 9.64 Å². The number of amides is 3. The summed E-state index contributed by atoms with van der Waals surface area (Å²) in [7, 11) is 1.53. The van der Waals surface area contributed by atoms with Crippen LogP contribution in [-0.2, 0) is 21.8 Å². The van der Waals surface area contributed by atoms with Crippen molar-refractivity contribution in [3.63, 3.8) is 0 Å². The van der Waals surface area contributed by atoms with Gasteiger partial charge in [0, 0.05) is 29.0 Å². The zero-order valence-electron chi connectivity index (χ0n) is 19.5. The average molecular weight is 574 g/mol. The van der Waals surface area contributed by atoms with E-state index in [1.165, 1.54) is 11.9 Å². The van der Waals surface area contributed by atoms with Crippen LogP contribution in [0.4, 0.5) is 19.3 Å². The summed E-state index contributed by atoms with van der Waals surface area (Å²) in [6.45, 7) is 9.09. The van der Waals surface area contributed by atoms with Crippen molar-refractivity contribution in [2.75, 3.05) is 18.6 Å². The monoisotopic (exact) mass is 574 g/mol. The predicted molar refractivity (Wildman–Crippen MR) is 129 cm³/mol. The average Bonchev–Trinajstić information content (AvgIpc) is 3.18. The van der Waals surface area contributed by atoms with Crippen LogP contribution in [0.1, 0.15) is 52.5 Å². The minimum Gasteiger partial charge on any atom is -0.359 e. The summed E-state index contributed by atoms with van der Waals surface area (Å²) >= 11 is 1.77. The van der Waals surface area contributed by atoms with E-state index in [-0.39, 0.29) is 18.6 Å². The second-order valence-corrected chi connectivity index (χ2v) is 10.7. The van der Waals surface area contributed by atoms with E-state index in [1.807, 2.05) is 6.92 Å². The van der Waals surface area contributed by atoms with Crippen molar-refractivity contribution < 1.29 is 23.1 Å². The van der Waals surface area contributed by atoms with Crippen molar-refractivity contribution >= 4 is 40.2 Å². The zero-order chi connectivity index (χ0) is 24.6. The van der Waals surface area contributed by atoms with E-state index in [1.54, 1.807) is 39.7 Å². The number of imide groups is 1. The van der Waals surface area contributed by atoms with Gasteiger partial charge in [-0.1, -0.05) is 27.7 Å². The molecule has 10 heteroatoms. The van der Waals surface area contributed by atoms with Crippen molar-refractivity contribution in [3.05, 3.63) is 45.3 Å². The van der Waals surface area contributed by atoms with E-state index in [0.717, 1.165) is 18.6 Å². The van der Waals surface area contributed by atoms with Gasteiger partial charge in [0.2, 0.25) is 5.91 Å². The Hall–Kier alpha value is -2.08. The molecule has 3 rings (SSSR count). The Bertz CT molecular complexity index is 1030. The van der Waals surface area contributed by atoms with Crippen molar-refractivity contribution in [1.29, 1.82) is 0 Å². The molecule has 33 heavy (non-hydrogen) atoms. The normalized spacial score (nSPS) is 19.5. The third-order valence-corrected chi connectivity index (χ3v) is 6.62. The molecule has 1 aromatic carbocycles. The third kappa shape index (κ3) is 5.21. The predicted octanol–water partition coefficient (Wildman–Crippen LogP) is 5.27. The summed E-state index contributed by atoms with van der Waals surface area (Å²) in [4.78, 5) is 28.3. The summed E-state index contributed by atoms with van der Waals surface area (Å²) in [5.74, 6) is -2.59. The highest BCUT2D eigenvalue weighted by Gasteiger charge is 2.50. The van der Waals surface area contributed by atoms with Crippen LogP contribution in [0.25, 0.3) is 0 Å². The molecule has 1 aromatic heterocycles. The number of hydrogen-bond acceptors (Lipinski definition) is 4. The summed E-state index contributed by atoms with van der Waals surface area (Å²) in [5, 5.41) is 4.33. The van der Waals surface area contributed by atoms with Crippen LogP contribution in [0, 0.1) is 20.6 Å². The Labute approximate surface area is 206 Å². The number of nitrogens with zero attached hydrogens (tertiary/aromatic N) is 4. The minimum atomic E-state index is -0.982. The molecule has 7 nitrogen and oxygen atoms in total. The van der Waals surface area contributed by atoms with E-state index < -0.39 is 34.8 Å². The Morgan fingerprint density at radius 2 is 1.85 bits per heavy atom. The molecule has 3 amide bonds. The first-order valence-corrected chi connectivity index (χ1v) is 11.8. The quantitative estimate of drug-likeness (QED) is 0.334. The molecule has 0 radical (unpaired) electrons. The molecule has 2 heterocycles.